The first kappa shape index (κ1) is 12.5. The van der Waals surface area contributed by atoms with E-state index in [1.165, 1.54) is 0 Å². The van der Waals surface area contributed by atoms with E-state index in [0.29, 0.717) is 5.56 Å². The Kier molecular flexibility index (Phi) is 4.31. The van der Waals surface area contributed by atoms with E-state index < -0.39 is 0 Å². The zero-order valence-electron chi connectivity index (χ0n) is 10.0. The third-order valence-electron chi connectivity index (χ3n) is 2.87. The number of anilines is 1. The Labute approximate surface area is 96.4 Å². The van der Waals surface area contributed by atoms with Gasteiger partial charge >= 0.3 is 0 Å². The van der Waals surface area contributed by atoms with Gasteiger partial charge in [-0.1, -0.05) is 6.92 Å². The Morgan fingerprint density at radius 1 is 1.44 bits per heavy atom. The molecule has 1 aromatic carbocycles. The molecule has 3 N–H and O–H groups in total. The van der Waals surface area contributed by atoms with Crippen LogP contribution in [0.2, 0.25) is 0 Å². The van der Waals surface area contributed by atoms with E-state index in [9.17, 15) is 4.79 Å². The Balaban J connectivity index is 2.80. The van der Waals surface area contributed by atoms with Crippen LogP contribution in [0.25, 0.3) is 0 Å². The minimum atomic E-state index is 0.0397. The smallest absolute Gasteiger partial charge is 0.253 e. The molecule has 0 fully saturated rings. The summed E-state index contributed by atoms with van der Waals surface area (Å²) in [6, 6.07) is 7.38. The van der Waals surface area contributed by atoms with Crippen molar-refractivity contribution >= 4 is 11.6 Å². The Hall–Kier alpha value is -1.55. The zero-order valence-corrected chi connectivity index (χ0v) is 10.0. The quantitative estimate of drug-likeness (QED) is 0.602. The van der Waals surface area contributed by atoms with Gasteiger partial charge < -0.3 is 10.3 Å². The molecule has 16 heavy (non-hydrogen) atoms. The average molecular weight is 221 g/mol. The van der Waals surface area contributed by atoms with E-state index in [1.807, 2.05) is 14.0 Å². The molecule has 0 spiro atoms. The maximum absolute atomic E-state index is 12.0. The van der Waals surface area contributed by atoms with Gasteiger partial charge in [0.1, 0.15) is 0 Å². The number of nitrogens with zero attached hydrogens (tertiary/aromatic N) is 1. The summed E-state index contributed by atoms with van der Waals surface area (Å²) in [5.74, 6) is 5.30. The van der Waals surface area contributed by atoms with Crippen LogP contribution in [0.3, 0.4) is 0 Å². The molecule has 0 bridgehead atoms. The van der Waals surface area contributed by atoms with E-state index in [2.05, 4.69) is 12.3 Å². The maximum atomic E-state index is 12.0. The minimum absolute atomic E-state index is 0.0397. The van der Waals surface area contributed by atoms with Crippen LogP contribution in [-0.4, -0.2) is 23.9 Å². The standard InChI is InChI=1S/C12H19N3O/c1-4-9(2)15(3)12(16)10-5-7-11(14-13)8-6-10/h5-9,14H,4,13H2,1-3H3. The molecule has 0 aromatic heterocycles. The summed E-state index contributed by atoms with van der Waals surface area (Å²) >= 11 is 0. The third kappa shape index (κ3) is 2.73. The number of hydrogen-bond acceptors (Lipinski definition) is 3. The lowest BCUT2D eigenvalue weighted by Gasteiger charge is -2.23. The predicted octanol–water partition coefficient (Wildman–Crippen LogP) is 1.84. The summed E-state index contributed by atoms with van der Waals surface area (Å²) in [7, 11) is 1.82. The number of carbonyl (C=O) groups is 1. The molecule has 1 rings (SSSR count). The van der Waals surface area contributed by atoms with Crippen LogP contribution in [0.5, 0.6) is 0 Å². The lowest BCUT2D eigenvalue weighted by Crippen LogP contribution is -2.34. The van der Waals surface area contributed by atoms with Crippen molar-refractivity contribution in [2.75, 3.05) is 12.5 Å². The molecule has 0 aliphatic heterocycles. The highest BCUT2D eigenvalue weighted by molar-refractivity contribution is 5.94. The van der Waals surface area contributed by atoms with Gasteiger partial charge in [-0.05, 0) is 37.6 Å². The Morgan fingerprint density at radius 2 is 2.00 bits per heavy atom. The van der Waals surface area contributed by atoms with Crippen molar-refractivity contribution in [3.63, 3.8) is 0 Å². The molecule has 0 heterocycles. The number of nitrogen functional groups attached to an aromatic ring is 1. The maximum Gasteiger partial charge on any atom is 0.253 e. The van der Waals surface area contributed by atoms with Crippen molar-refractivity contribution in [3.05, 3.63) is 29.8 Å². The fourth-order valence-electron chi connectivity index (χ4n) is 1.39. The lowest BCUT2D eigenvalue weighted by atomic mass is 10.1. The molecule has 4 nitrogen and oxygen atoms in total. The molecular formula is C12H19N3O. The number of hydrazine groups is 1. The third-order valence-corrected chi connectivity index (χ3v) is 2.87. The van der Waals surface area contributed by atoms with Gasteiger partial charge in [-0.15, -0.1) is 0 Å². The van der Waals surface area contributed by atoms with E-state index in [4.69, 9.17) is 5.84 Å². The van der Waals surface area contributed by atoms with Gasteiger partial charge in [-0.25, -0.2) is 0 Å². The van der Waals surface area contributed by atoms with Gasteiger partial charge in [0.25, 0.3) is 5.91 Å². The zero-order chi connectivity index (χ0) is 12.1. The number of nitrogens with one attached hydrogen (secondary N) is 1. The fourth-order valence-corrected chi connectivity index (χ4v) is 1.39. The van der Waals surface area contributed by atoms with Gasteiger partial charge in [0.15, 0.2) is 0 Å². The summed E-state index contributed by atoms with van der Waals surface area (Å²) < 4.78 is 0. The van der Waals surface area contributed by atoms with Crippen molar-refractivity contribution in [3.8, 4) is 0 Å². The van der Waals surface area contributed by atoms with Crippen LogP contribution in [0.1, 0.15) is 30.6 Å². The summed E-state index contributed by atoms with van der Waals surface area (Å²) in [6.07, 6.45) is 0.949. The highest BCUT2D eigenvalue weighted by atomic mass is 16.2. The largest absolute Gasteiger partial charge is 0.339 e. The summed E-state index contributed by atoms with van der Waals surface area (Å²) in [4.78, 5) is 13.8. The van der Waals surface area contributed by atoms with Gasteiger partial charge in [-0.3, -0.25) is 10.6 Å². The van der Waals surface area contributed by atoms with Gasteiger partial charge in [0.2, 0.25) is 0 Å². The van der Waals surface area contributed by atoms with Crippen molar-refractivity contribution < 1.29 is 4.79 Å². The van der Waals surface area contributed by atoms with Gasteiger partial charge in [0, 0.05) is 24.3 Å². The normalized spacial score (nSPS) is 12.0. The topological polar surface area (TPSA) is 58.4 Å². The Morgan fingerprint density at radius 3 is 2.44 bits per heavy atom. The fraction of sp³-hybridized carbons (Fsp3) is 0.417. The first-order valence-corrected chi connectivity index (χ1v) is 5.44. The summed E-state index contributed by atoms with van der Waals surface area (Å²) in [5.41, 5.74) is 4.01. The molecule has 0 aliphatic carbocycles. The predicted molar refractivity (Wildman–Crippen MR) is 66.1 cm³/mol. The molecule has 0 saturated carbocycles. The molecular weight excluding hydrogens is 202 g/mol. The monoisotopic (exact) mass is 221 g/mol. The second-order valence-corrected chi connectivity index (χ2v) is 3.90. The summed E-state index contributed by atoms with van der Waals surface area (Å²) in [6.45, 7) is 4.10. The van der Waals surface area contributed by atoms with E-state index >= 15 is 0 Å². The van der Waals surface area contributed by atoms with Gasteiger partial charge in [-0.2, -0.15) is 0 Å². The first-order chi connectivity index (χ1) is 7.60. The van der Waals surface area contributed by atoms with Crippen molar-refractivity contribution in [1.29, 1.82) is 0 Å². The number of benzene rings is 1. The van der Waals surface area contributed by atoms with Crippen molar-refractivity contribution in [2.45, 2.75) is 26.3 Å². The molecule has 1 atom stereocenters. The van der Waals surface area contributed by atoms with E-state index in [1.54, 1.807) is 29.2 Å². The second kappa shape index (κ2) is 5.51. The molecule has 1 unspecified atom stereocenters. The average Bonchev–Trinajstić information content (AvgIpc) is 2.36. The SMILES string of the molecule is CCC(C)N(C)C(=O)c1ccc(NN)cc1. The molecule has 0 aliphatic rings. The molecule has 1 amide bonds. The van der Waals surface area contributed by atoms with Crippen LogP contribution in [-0.2, 0) is 0 Å². The number of nitrogens with two attached hydrogens (primary N) is 1. The minimum Gasteiger partial charge on any atom is -0.339 e. The lowest BCUT2D eigenvalue weighted by molar-refractivity contribution is 0.0740. The molecule has 0 saturated heterocycles. The van der Waals surface area contributed by atoms with Crippen LogP contribution >= 0.6 is 0 Å². The van der Waals surface area contributed by atoms with Crippen LogP contribution < -0.4 is 11.3 Å². The second-order valence-electron chi connectivity index (χ2n) is 3.90. The number of hydrogen-bond donors (Lipinski definition) is 2. The number of carbonyl (C=O) groups excluding carboxylic acids is 1. The molecule has 1 aromatic rings. The highest BCUT2D eigenvalue weighted by Crippen LogP contribution is 2.12. The van der Waals surface area contributed by atoms with Crippen molar-refractivity contribution in [1.82, 2.24) is 4.90 Å². The molecule has 88 valence electrons. The first-order valence-electron chi connectivity index (χ1n) is 5.44. The van der Waals surface area contributed by atoms with Crippen LogP contribution in [0.15, 0.2) is 24.3 Å². The molecule has 4 heteroatoms. The number of rotatable bonds is 4. The summed E-state index contributed by atoms with van der Waals surface area (Å²) in [5, 5.41) is 0. The Bertz CT molecular complexity index is 348. The highest BCUT2D eigenvalue weighted by Gasteiger charge is 2.15. The van der Waals surface area contributed by atoms with Crippen LogP contribution in [0, 0.1) is 0 Å². The number of amides is 1. The van der Waals surface area contributed by atoms with Gasteiger partial charge in [0.05, 0.1) is 0 Å². The van der Waals surface area contributed by atoms with Crippen molar-refractivity contribution in [2.24, 2.45) is 5.84 Å². The van der Waals surface area contributed by atoms with Crippen LogP contribution in [0.4, 0.5) is 5.69 Å². The van der Waals surface area contributed by atoms with E-state index in [0.717, 1.165) is 12.1 Å². The molecule has 0 radical (unpaired) electrons. The van der Waals surface area contributed by atoms with E-state index in [-0.39, 0.29) is 11.9 Å².